The van der Waals surface area contributed by atoms with Crippen molar-refractivity contribution in [2.45, 2.75) is 0 Å². The maximum Gasteiger partial charge on any atom is 0.245 e. The standard InChI is InChI=1S/C19H13ClN4O2/c20-13-3-1-2-12(8-13)16-6-5-15-10-21-19(23-24(15)16)22-14-4-7-17-18(9-14)26-11-25-17/h1-10H,11H2,(H,22,23). The number of ether oxygens (including phenoxy) is 2. The van der Waals surface area contributed by atoms with Crippen LogP contribution in [0, 0.1) is 0 Å². The molecule has 2 aromatic heterocycles. The molecule has 26 heavy (non-hydrogen) atoms. The van der Waals surface area contributed by atoms with E-state index in [1.807, 2.05) is 59.1 Å². The molecule has 1 aliphatic rings. The van der Waals surface area contributed by atoms with E-state index in [-0.39, 0.29) is 6.79 Å². The molecule has 7 heteroatoms. The second-order valence-electron chi connectivity index (χ2n) is 5.84. The molecule has 3 heterocycles. The van der Waals surface area contributed by atoms with Crippen LogP contribution in [0.25, 0.3) is 16.8 Å². The third-order valence-electron chi connectivity index (χ3n) is 4.15. The predicted octanol–water partition coefficient (Wildman–Crippen LogP) is 4.52. The Kier molecular flexibility index (Phi) is 3.43. The molecule has 2 aromatic carbocycles. The van der Waals surface area contributed by atoms with Crippen molar-refractivity contribution in [1.29, 1.82) is 0 Å². The molecule has 0 amide bonds. The van der Waals surface area contributed by atoms with E-state index >= 15 is 0 Å². The van der Waals surface area contributed by atoms with Crippen LogP contribution in [-0.2, 0) is 0 Å². The molecule has 1 aliphatic heterocycles. The Labute approximate surface area is 154 Å². The van der Waals surface area contributed by atoms with Crippen LogP contribution in [0.4, 0.5) is 11.6 Å². The van der Waals surface area contributed by atoms with E-state index in [4.69, 9.17) is 21.1 Å². The van der Waals surface area contributed by atoms with Gasteiger partial charge in [0.25, 0.3) is 0 Å². The number of nitrogens with one attached hydrogen (secondary N) is 1. The van der Waals surface area contributed by atoms with Crippen LogP contribution in [-0.4, -0.2) is 21.4 Å². The van der Waals surface area contributed by atoms with Gasteiger partial charge in [-0.15, -0.1) is 5.10 Å². The number of nitrogens with zero attached hydrogens (tertiary/aromatic N) is 3. The van der Waals surface area contributed by atoms with Gasteiger partial charge in [-0.2, -0.15) is 0 Å². The molecular formula is C19H13ClN4O2. The smallest absolute Gasteiger partial charge is 0.245 e. The van der Waals surface area contributed by atoms with Gasteiger partial charge in [0.15, 0.2) is 11.5 Å². The highest BCUT2D eigenvalue weighted by Gasteiger charge is 2.14. The number of aromatic nitrogens is 3. The van der Waals surface area contributed by atoms with Gasteiger partial charge >= 0.3 is 0 Å². The third kappa shape index (κ3) is 2.60. The van der Waals surface area contributed by atoms with Crippen molar-refractivity contribution in [3.63, 3.8) is 0 Å². The molecule has 6 nitrogen and oxygen atoms in total. The molecule has 4 aromatic rings. The van der Waals surface area contributed by atoms with E-state index in [2.05, 4.69) is 15.4 Å². The molecule has 0 radical (unpaired) electrons. The summed E-state index contributed by atoms with van der Waals surface area (Å²) in [6.07, 6.45) is 1.77. The first kappa shape index (κ1) is 15.0. The third-order valence-corrected chi connectivity index (χ3v) is 4.38. The summed E-state index contributed by atoms with van der Waals surface area (Å²) in [5, 5.41) is 8.50. The van der Waals surface area contributed by atoms with E-state index in [0.29, 0.717) is 16.7 Å². The van der Waals surface area contributed by atoms with Gasteiger partial charge in [-0.1, -0.05) is 23.7 Å². The van der Waals surface area contributed by atoms with Crippen molar-refractivity contribution < 1.29 is 9.47 Å². The first-order valence-corrected chi connectivity index (χ1v) is 8.41. The Hall–Kier alpha value is -3.25. The fourth-order valence-electron chi connectivity index (χ4n) is 2.93. The maximum atomic E-state index is 6.12. The lowest BCUT2D eigenvalue weighted by molar-refractivity contribution is 0.174. The summed E-state index contributed by atoms with van der Waals surface area (Å²) in [7, 11) is 0. The normalized spacial score (nSPS) is 12.5. The Morgan fingerprint density at radius 3 is 2.85 bits per heavy atom. The molecule has 0 saturated heterocycles. The van der Waals surface area contributed by atoms with Crippen molar-refractivity contribution in [2.24, 2.45) is 0 Å². The zero-order valence-corrected chi connectivity index (χ0v) is 14.3. The monoisotopic (exact) mass is 364 g/mol. The van der Waals surface area contributed by atoms with Crippen LogP contribution in [0.15, 0.2) is 60.8 Å². The van der Waals surface area contributed by atoms with Crippen molar-refractivity contribution >= 4 is 28.8 Å². The van der Waals surface area contributed by atoms with Gasteiger partial charge in [-0.25, -0.2) is 9.50 Å². The Bertz CT molecular complexity index is 1130. The molecular weight excluding hydrogens is 352 g/mol. The lowest BCUT2D eigenvalue weighted by Crippen LogP contribution is -2.02. The molecule has 0 saturated carbocycles. The summed E-state index contributed by atoms with van der Waals surface area (Å²) >= 11 is 6.12. The summed E-state index contributed by atoms with van der Waals surface area (Å²) in [4.78, 5) is 4.38. The molecule has 0 aliphatic carbocycles. The number of benzene rings is 2. The molecule has 5 rings (SSSR count). The summed E-state index contributed by atoms with van der Waals surface area (Å²) in [5.74, 6) is 1.92. The highest BCUT2D eigenvalue weighted by atomic mass is 35.5. The average Bonchev–Trinajstić information content (AvgIpc) is 3.27. The Morgan fingerprint density at radius 2 is 1.92 bits per heavy atom. The van der Waals surface area contributed by atoms with Gasteiger partial charge in [-0.05, 0) is 36.4 Å². The van der Waals surface area contributed by atoms with Gasteiger partial charge in [0.05, 0.1) is 17.4 Å². The highest BCUT2D eigenvalue weighted by Crippen LogP contribution is 2.34. The minimum Gasteiger partial charge on any atom is -0.454 e. The number of rotatable bonds is 3. The minimum atomic E-state index is 0.244. The quantitative estimate of drug-likeness (QED) is 0.579. The molecule has 0 fully saturated rings. The van der Waals surface area contributed by atoms with E-state index in [1.165, 1.54) is 0 Å². The van der Waals surface area contributed by atoms with Gasteiger partial charge in [0.1, 0.15) is 0 Å². The van der Waals surface area contributed by atoms with Gasteiger partial charge in [0, 0.05) is 22.3 Å². The van der Waals surface area contributed by atoms with E-state index < -0.39 is 0 Å². The van der Waals surface area contributed by atoms with Crippen LogP contribution in [0.5, 0.6) is 11.5 Å². The van der Waals surface area contributed by atoms with Crippen molar-refractivity contribution in [3.8, 4) is 22.8 Å². The first-order chi connectivity index (χ1) is 12.8. The Morgan fingerprint density at radius 1 is 1.00 bits per heavy atom. The number of fused-ring (bicyclic) bond motifs is 2. The van der Waals surface area contributed by atoms with Crippen LogP contribution in [0.1, 0.15) is 0 Å². The highest BCUT2D eigenvalue weighted by molar-refractivity contribution is 6.30. The zero-order chi connectivity index (χ0) is 17.5. The fourth-order valence-corrected chi connectivity index (χ4v) is 3.12. The van der Waals surface area contributed by atoms with Crippen LogP contribution >= 0.6 is 11.6 Å². The molecule has 128 valence electrons. The van der Waals surface area contributed by atoms with Gasteiger partial charge in [0.2, 0.25) is 12.7 Å². The van der Waals surface area contributed by atoms with E-state index in [0.717, 1.165) is 28.2 Å². The maximum absolute atomic E-state index is 6.12. The summed E-state index contributed by atoms with van der Waals surface area (Å²) in [6, 6.07) is 17.3. The number of hydrogen-bond donors (Lipinski definition) is 1. The predicted molar refractivity (Wildman–Crippen MR) is 99.3 cm³/mol. The van der Waals surface area contributed by atoms with Crippen molar-refractivity contribution in [1.82, 2.24) is 14.6 Å². The molecule has 0 unspecified atom stereocenters. The second kappa shape index (κ2) is 5.93. The first-order valence-electron chi connectivity index (χ1n) is 8.04. The largest absolute Gasteiger partial charge is 0.454 e. The lowest BCUT2D eigenvalue weighted by Gasteiger charge is -2.08. The number of anilines is 2. The summed E-state index contributed by atoms with van der Waals surface area (Å²) in [6.45, 7) is 0.244. The topological polar surface area (TPSA) is 60.7 Å². The molecule has 0 spiro atoms. The van der Waals surface area contributed by atoms with Gasteiger partial charge < -0.3 is 14.8 Å². The van der Waals surface area contributed by atoms with Crippen molar-refractivity contribution in [3.05, 3.63) is 65.8 Å². The average molecular weight is 365 g/mol. The van der Waals surface area contributed by atoms with E-state index in [1.54, 1.807) is 6.20 Å². The summed E-state index contributed by atoms with van der Waals surface area (Å²) < 4.78 is 12.6. The number of hydrogen-bond acceptors (Lipinski definition) is 5. The van der Waals surface area contributed by atoms with Gasteiger partial charge in [-0.3, -0.25) is 0 Å². The molecule has 1 N–H and O–H groups in total. The van der Waals surface area contributed by atoms with Crippen LogP contribution in [0.2, 0.25) is 5.02 Å². The summed E-state index contributed by atoms with van der Waals surface area (Å²) in [5.41, 5.74) is 3.66. The van der Waals surface area contributed by atoms with Crippen molar-refractivity contribution in [2.75, 3.05) is 12.1 Å². The number of halogens is 1. The second-order valence-corrected chi connectivity index (χ2v) is 6.28. The zero-order valence-electron chi connectivity index (χ0n) is 13.5. The fraction of sp³-hybridized carbons (Fsp3) is 0.0526. The van der Waals surface area contributed by atoms with Crippen LogP contribution in [0.3, 0.4) is 0 Å². The van der Waals surface area contributed by atoms with Crippen LogP contribution < -0.4 is 14.8 Å². The SMILES string of the molecule is Clc1cccc(-c2ccc3cnc(Nc4ccc5c(c4)OCO5)nn23)c1. The van der Waals surface area contributed by atoms with E-state index in [9.17, 15) is 0 Å². The molecule has 0 bridgehead atoms. The Balaban J connectivity index is 1.52. The molecule has 0 atom stereocenters. The lowest BCUT2D eigenvalue weighted by atomic mass is 10.2. The minimum absolute atomic E-state index is 0.244.